The van der Waals surface area contributed by atoms with Crippen molar-refractivity contribution >= 4 is 21.6 Å². The van der Waals surface area contributed by atoms with Crippen LogP contribution >= 0.6 is 0 Å². The number of rotatable bonds is 3. The lowest BCUT2D eigenvalue weighted by atomic mass is 9.67. The van der Waals surface area contributed by atoms with E-state index in [-0.39, 0.29) is 23.0 Å². The highest BCUT2D eigenvalue weighted by atomic mass is 32.2. The number of benzene rings is 1. The number of nitrogens with zero attached hydrogens (tertiary/aromatic N) is 5. The number of carbonyl (C=O) groups excluding carboxylic acids is 1. The normalized spacial score (nSPS) is 24.7. The Labute approximate surface area is 189 Å². The monoisotopic (exact) mass is 457 g/mol. The molecule has 32 heavy (non-hydrogen) atoms. The van der Waals surface area contributed by atoms with Crippen LogP contribution in [0.4, 0.5) is 5.69 Å². The van der Waals surface area contributed by atoms with E-state index >= 15 is 0 Å². The van der Waals surface area contributed by atoms with Gasteiger partial charge in [-0.15, -0.1) is 10.2 Å². The lowest BCUT2D eigenvalue weighted by molar-refractivity contribution is 0.0758. The summed E-state index contributed by atoms with van der Waals surface area (Å²) in [5.41, 5.74) is 1.18. The highest BCUT2D eigenvalue weighted by molar-refractivity contribution is 7.92. The molecule has 1 aromatic heterocycles. The Morgan fingerprint density at radius 2 is 1.94 bits per heavy atom. The number of carbonyl (C=O) groups is 1. The summed E-state index contributed by atoms with van der Waals surface area (Å²) < 4.78 is 28.5. The smallest absolute Gasteiger partial charge is 0.253 e. The molecule has 1 amide bonds. The third-order valence-corrected chi connectivity index (χ3v) is 9.44. The van der Waals surface area contributed by atoms with Gasteiger partial charge in [0.15, 0.2) is 0 Å². The third-order valence-electron chi connectivity index (χ3n) is 7.57. The summed E-state index contributed by atoms with van der Waals surface area (Å²) in [6.45, 7) is 1.81. The van der Waals surface area contributed by atoms with E-state index in [9.17, 15) is 13.2 Å². The van der Waals surface area contributed by atoms with Crippen molar-refractivity contribution in [3.8, 4) is 0 Å². The fourth-order valence-electron chi connectivity index (χ4n) is 5.90. The highest BCUT2D eigenvalue weighted by Gasteiger charge is 2.50. The van der Waals surface area contributed by atoms with E-state index in [0.29, 0.717) is 30.8 Å². The summed E-state index contributed by atoms with van der Waals surface area (Å²) in [7, 11) is -1.34. The Hall–Kier alpha value is -2.42. The maximum absolute atomic E-state index is 13.6. The highest BCUT2D eigenvalue weighted by Crippen LogP contribution is 2.51. The van der Waals surface area contributed by atoms with Crippen LogP contribution in [0.5, 0.6) is 0 Å². The number of hydrogen-bond acceptors (Lipinski definition) is 5. The van der Waals surface area contributed by atoms with Crippen molar-refractivity contribution in [2.45, 2.75) is 50.9 Å². The first-order chi connectivity index (χ1) is 15.4. The minimum atomic E-state index is -3.31. The van der Waals surface area contributed by atoms with Crippen LogP contribution < -0.4 is 4.31 Å². The summed E-state index contributed by atoms with van der Waals surface area (Å²) in [6, 6.07) is 7.12. The number of anilines is 1. The number of amides is 1. The lowest BCUT2D eigenvalue weighted by Crippen LogP contribution is -2.38. The van der Waals surface area contributed by atoms with Crippen molar-refractivity contribution < 1.29 is 13.2 Å². The fraction of sp³-hybridized carbons (Fsp3) is 0.609. The van der Waals surface area contributed by atoms with Gasteiger partial charge in [0.25, 0.3) is 5.91 Å². The Morgan fingerprint density at radius 3 is 2.66 bits per heavy atom. The summed E-state index contributed by atoms with van der Waals surface area (Å²) in [5.74, 6) is 1.26. The van der Waals surface area contributed by atoms with Gasteiger partial charge in [-0.3, -0.25) is 9.10 Å². The fourth-order valence-corrected chi connectivity index (χ4v) is 7.54. The maximum Gasteiger partial charge on any atom is 0.253 e. The van der Waals surface area contributed by atoms with Crippen LogP contribution in [-0.4, -0.2) is 59.4 Å². The molecule has 1 saturated carbocycles. The SMILES string of the molecule is Cn1cnnc1C1CN(C(=O)c2cccc(N3CCCCS3(=O)=O)c2)CC12CCCCC2. The molecule has 2 saturated heterocycles. The second-order valence-electron chi connectivity index (χ2n) is 9.61. The number of aryl methyl sites for hydroxylation is 1. The van der Waals surface area contributed by atoms with Crippen molar-refractivity contribution in [1.29, 1.82) is 0 Å². The summed E-state index contributed by atoms with van der Waals surface area (Å²) in [6.07, 6.45) is 9.06. The van der Waals surface area contributed by atoms with Gasteiger partial charge in [-0.2, -0.15) is 0 Å². The Morgan fingerprint density at radius 1 is 1.12 bits per heavy atom. The van der Waals surface area contributed by atoms with E-state index in [4.69, 9.17) is 0 Å². The molecule has 0 N–H and O–H groups in total. The Kier molecular flexibility index (Phi) is 5.47. The molecule has 1 aliphatic carbocycles. The summed E-state index contributed by atoms with van der Waals surface area (Å²) in [4.78, 5) is 15.5. The van der Waals surface area contributed by atoms with Gasteiger partial charge in [-0.1, -0.05) is 25.3 Å². The van der Waals surface area contributed by atoms with Gasteiger partial charge >= 0.3 is 0 Å². The quantitative estimate of drug-likeness (QED) is 0.707. The Bertz CT molecular complexity index is 1110. The van der Waals surface area contributed by atoms with Crippen LogP contribution in [-0.2, 0) is 17.1 Å². The van der Waals surface area contributed by atoms with Gasteiger partial charge in [0.2, 0.25) is 10.0 Å². The van der Waals surface area contributed by atoms with E-state index < -0.39 is 10.0 Å². The molecular formula is C23H31N5O3S. The standard InChI is InChI=1S/C23H31N5O3S/c1-26-17-24-25-21(26)20-15-27(16-23(20)10-3-2-4-11-23)22(29)18-8-7-9-19(14-18)28-12-5-6-13-32(28,30)31/h7-9,14,17,20H,2-6,10-13,15-16H2,1H3. The molecule has 1 unspecified atom stereocenters. The van der Waals surface area contributed by atoms with Crippen LogP contribution in [0.2, 0.25) is 0 Å². The van der Waals surface area contributed by atoms with Gasteiger partial charge in [-0.05, 0) is 49.3 Å². The maximum atomic E-state index is 13.6. The molecule has 5 rings (SSSR count). The first kappa shape index (κ1) is 21.4. The molecule has 8 nitrogen and oxygen atoms in total. The zero-order chi connectivity index (χ0) is 22.3. The first-order valence-electron chi connectivity index (χ1n) is 11.6. The molecule has 1 atom stereocenters. The molecular weight excluding hydrogens is 426 g/mol. The molecule has 0 bridgehead atoms. The van der Waals surface area contributed by atoms with Crippen molar-refractivity contribution in [3.63, 3.8) is 0 Å². The zero-order valence-corrected chi connectivity index (χ0v) is 19.4. The first-order valence-corrected chi connectivity index (χ1v) is 13.2. The number of sulfonamides is 1. The molecule has 9 heteroatoms. The van der Waals surface area contributed by atoms with E-state index in [2.05, 4.69) is 10.2 Å². The van der Waals surface area contributed by atoms with E-state index in [1.807, 2.05) is 16.5 Å². The van der Waals surface area contributed by atoms with Gasteiger partial charge in [0.05, 0.1) is 11.4 Å². The minimum absolute atomic E-state index is 0.0316. The van der Waals surface area contributed by atoms with Gasteiger partial charge < -0.3 is 9.47 Å². The second-order valence-corrected chi connectivity index (χ2v) is 11.6. The Balaban J connectivity index is 1.43. The minimum Gasteiger partial charge on any atom is -0.337 e. The van der Waals surface area contributed by atoms with Crippen LogP contribution in [0.3, 0.4) is 0 Å². The molecule has 3 aliphatic rings. The second kappa shape index (κ2) is 8.17. The van der Waals surface area contributed by atoms with Crippen molar-refractivity contribution in [3.05, 3.63) is 42.0 Å². The van der Waals surface area contributed by atoms with E-state index in [1.54, 1.807) is 30.6 Å². The lowest BCUT2D eigenvalue weighted by Gasteiger charge is -2.37. The van der Waals surface area contributed by atoms with Gasteiger partial charge in [0.1, 0.15) is 12.2 Å². The predicted molar refractivity (Wildman–Crippen MR) is 122 cm³/mol. The topological polar surface area (TPSA) is 88.4 Å². The van der Waals surface area contributed by atoms with Crippen molar-refractivity contribution in [2.75, 3.05) is 29.7 Å². The number of hydrogen-bond donors (Lipinski definition) is 0. The molecule has 3 fully saturated rings. The van der Waals surface area contributed by atoms with Crippen LogP contribution in [0.25, 0.3) is 0 Å². The largest absolute Gasteiger partial charge is 0.337 e. The summed E-state index contributed by atoms with van der Waals surface area (Å²) >= 11 is 0. The molecule has 172 valence electrons. The number of likely N-dealkylation sites (tertiary alicyclic amines) is 1. The average Bonchev–Trinajstić information content (AvgIpc) is 3.36. The van der Waals surface area contributed by atoms with Crippen molar-refractivity contribution in [1.82, 2.24) is 19.7 Å². The average molecular weight is 458 g/mol. The summed E-state index contributed by atoms with van der Waals surface area (Å²) in [5, 5.41) is 8.50. The molecule has 2 aliphatic heterocycles. The molecule has 1 aromatic carbocycles. The van der Waals surface area contributed by atoms with Gasteiger partial charge in [0, 0.05) is 38.2 Å². The molecule has 3 heterocycles. The van der Waals surface area contributed by atoms with Crippen LogP contribution in [0.1, 0.15) is 67.0 Å². The van der Waals surface area contributed by atoms with E-state index in [1.165, 1.54) is 23.6 Å². The van der Waals surface area contributed by atoms with Gasteiger partial charge in [-0.25, -0.2) is 8.42 Å². The number of aromatic nitrogens is 3. The van der Waals surface area contributed by atoms with Crippen LogP contribution in [0.15, 0.2) is 30.6 Å². The molecule has 0 radical (unpaired) electrons. The predicted octanol–water partition coefficient (Wildman–Crippen LogP) is 2.94. The van der Waals surface area contributed by atoms with Crippen LogP contribution in [0, 0.1) is 5.41 Å². The zero-order valence-electron chi connectivity index (χ0n) is 18.6. The third kappa shape index (κ3) is 3.70. The van der Waals surface area contributed by atoms with E-state index in [0.717, 1.165) is 31.6 Å². The molecule has 2 aromatic rings. The van der Waals surface area contributed by atoms with Crippen molar-refractivity contribution in [2.24, 2.45) is 12.5 Å². The molecule has 1 spiro atoms.